The zero-order valence-corrected chi connectivity index (χ0v) is 15.0. The van der Waals surface area contributed by atoms with Gasteiger partial charge in [0, 0.05) is 12.6 Å². The van der Waals surface area contributed by atoms with Crippen LogP contribution in [0.1, 0.15) is 22.3 Å². The Hall–Kier alpha value is -2.73. The minimum Gasteiger partial charge on any atom is -0.319 e. The highest BCUT2D eigenvalue weighted by molar-refractivity contribution is 5.94. The third kappa shape index (κ3) is 4.87. The van der Waals surface area contributed by atoms with Crippen molar-refractivity contribution >= 4 is 17.3 Å². The van der Waals surface area contributed by atoms with Crippen molar-refractivity contribution < 1.29 is 9.72 Å². The van der Waals surface area contributed by atoms with Gasteiger partial charge in [-0.3, -0.25) is 19.8 Å². The lowest BCUT2D eigenvalue weighted by atomic mass is 10.1. The Morgan fingerprint density at radius 2 is 1.76 bits per heavy atom. The maximum Gasteiger partial charge on any atom is 0.293 e. The molecule has 0 bridgehead atoms. The second-order valence-electron chi connectivity index (χ2n) is 6.36. The fourth-order valence-corrected chi connectivity index (χ4v) is 2.62. The van der Waals surface area contributed by atoms with Gasteiger partial charge in [-0.1, -0.05) is 24.3 Å². The number of hydrogen-bond acceptors (Lipinski definition) is 4. The molecule has 0 fully saturated rings. The number of anilines is 1. The zero-order valence-electron chi connectivity index (χ0n) is 15.0. The predicted molar refractivity (Wildman–Crippen MR) is 98.7 cm³/mol. The van der Waals surface area contributed by atoms with Crippen molar-refractivity contribution in [2.75, 3.05) is 18.9 Å². The summed E-state index contributed by atoms with van der Waals surface area (Å²) in [6.07, 6.45) is 0. The van der Waals surface area contributed by atoms with Gasteiger partial charge in [-0.15, -0.1) is 0 Å². The first-order valence-electron chi connectivity index (χ1n) is 8.06. The molecule has 6 heteroatoms. The van der Waals surface area contributed by atoms with Crippen molar-refractivity contribution in [1.29, 1.82) is 0 Å². The van der Waals surface area contributed by atoms with Crippen LogP contribution in [0.5, 0.6) is 0 Å². The van der Waals surface area contributed by atoms with E-state index in [9.17, 15) is 14.9 Å². The van der Waals surface area contributed by atoms with Crippen LogP contribution >= 0.6 is 0 Å². The van der Waals surface area contributed by atoms with Gasteiger partial charge in [0.05, 0.1) is 11.5 Å². The standard InChI is InChI=1S/C19H23N3O3/c1-13-7-5-6-8-16(13)11-21(4)12-19(23)20-17-9-14(2)15(3)10-18(17)22(24)25/h5-10H,11-12H2,1-4H3,(H,20,23). The molecular formula is C19H23N3O3. The molecule has 6 nitrogen and oxygen atoms in total. The third-order valence-electron chi connectivity index (χ3n) is 4.20. The Balaban J connectivity index is 2.06. The molecule has 2 rings (SSSR count). The van der Waals surface area contributed by atoms with E-state index in [0.29, 0.717) is 6.54 Å². The maximum atomic E-state index is 12.3. The van der Waals surface area contributed by atoms with Crippen LogP contribution in [0.4, 0.5) is 11.4 Å². The minimum atomic E-state index is -0.473. The number of nitrogens with zero attached hydrogens (tertiary/aromatic N) is 2. The number of carbonyl (C=O) groups excluding carboxylic acids is 1. The molecule has 0 heterocycles. The van der Waals surface area contributed by atoms with E-state index >= 15 is 0 Å². The Morgan fingerprint density at radius 3 is 2.40 bits per heavy atom. The molecule has 1 N–H and O–H groups in total. The van der Waals surface area contributed by atoms with Crippen LogP contribution in [-0.4, -0.2) is 29.3 Å². The topological polar surface area (TPSA) is 75.5 Å². The summed E-state index contributed by atoms with van der Waals surface area (Å²) >= 11 is 0. The van der Waals surface area contributed by atoms with Gasteiger partial charge in [-0.25, -0.2) is 0 Å². The van der Waals surface area contributed by atoms with Crippen LogP contribution < -0.4 is 5.32 Å². The van der Waals surface area contributed by atoms with E-state index in [1.54, 1.807) is 6.07 Å². The molecule has 0 aliphatic carbocycles. The molecule has 132 valence electrons. The Bertz CT molecular complexity index is 802. The summed E-state index contributed by atoms with van der Waals surface area (Å²) in [5.41, 5.74) is 4.19. The molecule has 1 amide bonds. The highest BCUT2D eigenvalue weighted by Crippen LogP contribution is 2.27. The van der Waals surface area contributed by atoms with E-state index in [4.69, 9.17) is 0 Å². The monoisotopic (exact) mass is 341 g/mol. The number of nitro groups is 1. The van der Waals surface area contributed by atoms with Crippen molar-refractivity contribution in [3.05, 3.63) is 68.8 Å². The zero-order chi connectivity index (χ0) is 18.6. The van der Waals surface area contributed by atoms with Gasteiger partial charge in [0.2, 0.25) is 5.91 Å². The molecule has 0 spiro atoms. The van der Waals surface area contributed by atoms with Gasteiger partial charge in [-0.2, -0.15) is 0 Å². The molecular weight excluding hydrogens is 318 g/mol. The van der Waals surface area contributed by atoms with Crippen molar-refractivity contribution in [1.82, 2.24) is 4.90 Å². The van der Waals surface area contributed by atoms with E-state index in [1.807, 2.05) is 57.0 Å². The van der Waals surface area contributed by atoms with Gasteiger partial charge in [0.15, 0.2) is 0 Å². The van der Waals surface area contributed by atoms with Gasteiger partial charge in [0.25, 0.3) is 5.69 Å². The first-order valence-corrected chi connectivity index (χ1v) is 8.06. The smallest absolute Gasteiger partial charge is 0.293 e. The number of rotatable bonds is 6. The molecule has 0 unspecified atom stereocenters. The summed E-state index contributed by atoms with van der Waals surface area (Å²) in [6, 6.07) is 11.1. The van der Waals surface area contributed by atoms with Crippen molar-refractivity contribution in [2.45, 2.75) is 27.3 Å². The number of likely N-dealkylation sites (N-methyl/N-ethyl adjacent to an activating group) is 1. The Morgan fingerprint density at radius 1 is 1.12 bits per heavy atom. The lowest BCUT2D eigenvalue weighted by molar-refractivity contribution is -0.384. The van der Waals surface area contributed by atoms with Crippen LogP contribution in [0.25, 0.3) is 0 Å². The van der Waals surface area contributed by atoms with Crippen molar-refractivity contribution in [3.8, 4) is 0 Å². The molecule has 0 aliphatic heterocycles. The average molecular weight is 341 g/mol. The van der Waals surface area contributed by atoms with Crippen LogP contribution in [-0.2, 0) is 11.3 Å². The summed E-state index contributed by atoms with van der Waals surface area (Å²) < 4.78 is 0. The summed E-state index contributed by atoms with van der Waals surface area (Å²) in [4.78, 5) is 24.9. The number of hydrogen-bond donors (Lipinski definition) is 1. The van der Waals surface area contributed by atoms with Crippen LogP contribution in [0.15, 0.2) is 36.4 Å². The average Bonchev–Trinajstić information content (AvgIpc) is 2.52. The number of aryl methyl sites for hydroxylation is 3. The fourth-order valence-electron chi connectivity index (χ4n) is 2.62. The third-order valence-corrected chi connectivity index (χ3v) is 4.20. The number of nitrogens with one attached hydrogen (secondary N) is 1. The lowest BCUT2D eigenvalue weighted by Gasteiger charge is -2.18. The van der Waals surface area contributed by atoms with Crippen LogP contribution in [0, 0.1) is 30.9 Å². The van der Waals surface area contributed by atoms with Gasteiger partial charge in [0.1, 0.15) is 5.69 Å². The largest absolute Gasteiger partial charge is 0.319 e. The summed E-state index contributed by atoms with van der Waals surface area (Å²) in [7, 11) is 1.85. The van der Waals surface area contributed by atoms with Gasteiger partial charge >= 0.3 is 0 Å². The minimum absolute atomic E-state index is 0.0852. The Kier molecular flexibility index (Phi) is 5.88. The van der Waals surface area contributed by atoms with Gasteiger partial charge < -0.3 is 5.32 Å². The van der Waals surface area contributed by atoms with Crippen LogP contribution in [0.2, 0.25) is 0 Å². The number of nitro benzene ring substituents is 1. The highest BCUT2D eigenvalue weighted by Gasteiger charge is 2.18. The SMILES string of the molecule is Cc1cc(NC(=O)CN(C)Cc2ccccc2C)c([N+](=O)[O-])cc1C. The van der Waals surface area contributed by atoms with Gasteiger partial charge in [-0.05, 0) is 56.1 Å². The lowest BCUT2D eigenvalue weighted by Crippen LogP contribution is -2.30. The van der Waals surface area contributed by atoms with E-state index in [-0.39, 0.29) is 23.8 Å². The molecule has 0 saturated carbocycles. The molecule has 0 aromatic heterocycles. The highest BCUT2D eigenvalue weighted by atomic mass is 16.6. The molecule has 2 aromatic rings. The Labute approximate surface area is 147 Å². The van der Waals surface area contributed by atoms with Crippen molar-refractivity contribution in [2.24, 2.45) is 0 Å². The normalized spacial score (nSPS) is 10.8. The molecule has 0 aliphatic rings. The molecule has 0 atom stereocenters. The number of benzene rings is 2. The number of carbonyl (C=O) groups is 1. The first-order chi connectivity index (χ1) is 11.8. The fraction of sp³-hybridized carbons (Fsp3) is 0.316. The molecule has 0 radical (unpaired) electrons. The van der Waals surface area contributed by atoms with Crippen LogP contribution in [0.3, 0.4) is 0 Å². The predicted octanol–water partition coefficient (Wildman–Crippen LogP) is 3.59. The first kappa shape index (κ1) is 18.6. The van der Waals surface area contributed by atoms with Crippen molar-refractivity contribution in [3.63, 3.8) is 0 Å². The van der Waals surface area contributed by atoms with E-state index in [0.717, 1.165) is 16.7 Å². The summed E-state index contributed by atoms with van der Waals surface area (Å²) in [5.74, 6) is -0.276. The van der Waals surface area contributed by atoms with E-state index in [1.165, 1.54) is 11.6 Å². The second-order valence-corrected chi connectivity index (χ2v) is 6.36. The molecule has 2 aromatic carbocycles. The number of amides is 1. The maximum absolute atomic E-state index is 12.3. The summed E-state index contributed by atoms with van der Waals surface area (Å²) in [5, 5.41) is 13.9. The van der Waals surface area contributed by atoms with E-state index in [2.05, 4.69) is 5.32 Å². The van der Waals surface area contributed by atoms with E-state index < -0.39 is 4.92 Å². The molecule has 25 heavy (non-hydrogen) atoms. The second kappa shape index (κ2) is 7.90. The molecule has 0 saturated heterocycles. The summed E-state index contributed by atoms with van der Waals surface area (Å²) in [6.45, 7) is 6.48. The quantitative estimate of drug-likeness (QED) is 0.643.